The summed E-state index contributed by atoms with van der Waals surface area (Å²) in [4.78, 5) is 13.1. The van der Waals surface area contributed by atoms with Crippen molar-refractivity contribution in [2.24, 2.45) is 0 Å². The molecular formula is C21H18N2O4. The number of amides is 1. The molecule has 4 aromatic rings. The number of carbonyl (C=O) groups is 1. The Kier molecular flexibility index (Phi) is 4.38. The fourth-order valence-electron chi connectivity index (χ4n) is 2.96. The number of benzene rings is 2. The van der Waals surface area contributed by atoms with Crippen molar-refractivity contribution in [1.82, 2.24) is 5.16 Å². The number of carbonyl (C=O) groups excluding carboxylic acids is 1. The van der Waals surface area contributed by atoms with Crippen molar-refractivity contribution in [3.05, 3.63) is 65.9 Å². The van der Waals surface area contributed by atoms with Crippen molar-refractivity contribution in [3.63, 3.8) is 0 Å². The number of hydrogen-bond donors (Lipinski definition) is 1. The summed E-state index contributed by atoms with van der Waals surface area (Å²) in [5, 5.41) is 7.29. The molecule has 1 N–H and O–H groups in total. The van der Waals surface area contributed by atoms with Crippen LogP contribution in [-0.2, 0) is 0 Å². The van der Waals surface area contributed by atoms with Crippen LogP contribution in [0, 0.1) is 6.92 Å². The van der Waals surface area contributed by atoms with E-state index in [4.69, 9.17) is 13.7 Å². The van der Waals surface area contributed by atoms with Crippen molar-refractivity contribution in [2.75, 3.05) is 11.9 Å². The highest BCUT2D eigenvalue weighted by molar-refractivity contribution is 6.16. The molecule has 0 aliphatic rings. The van der Waals surface area contributed by atoms with Gasteiger partial charge in [0, 0.05) is 17.0 Å². The van der Waals surface area contributed by atoms with E-state index >= 15 is 0 Å². The fourth-order valence-corrected chi connectivity index (χ4v) is 2.96. The molecule has 0 saturated carbocycles. The van der Waals surface area contributed by atoms with E-state index in [2.05, 4.69) is 10.5 Å². The number of aromatic nitrogens is 1. The van der Waals surface area contributed by atoms with Gasteiger partial charge in [-0.1, -0.05) is 35.5 Å². The van der Waals surface area contributed by atoms with Crippen LogP contribution in [0.25, 0.3) is 22.3 Å². The van der Waals surface area contributed by atoms with Gasteiger partial charge in [-0.3, -0.25) is 4.79 Å². The molecular weight excluding hydrogens is 344 g/mol. The quantitative estimate of drug-likeness (QED) is 0.538. The third-order valence-corrected chi connectivity index (χ3v) is 4.10. The molecule has 136 valence electrons. The fraction of sp³-hybridized carbons (Fsp3) is 0.143. The second-order valence-electron chi connectivity index (χ2n) is 6.04. The Hall–Kier alpha value is -3.54. The van der Waals surface area contributed by atoms with Gasteiger partial charge in [0.15, 0.2) is 5.82 Å². The van der Waals surface area contributed by atoms with E-state index in [1.54, 1.807) is 13.0 Å². The van der Waals surface area contributed by atoms with E-state index in [-0.39, 0.29) is 5.91 Å². The van der Waals surface area contributed by atoms with Gasteiger partial charge < -0.3 is 19.0 Å². The summed E-state index contributed by atoms with van der Waals surface area (Å²) in [5.41, 5.74) is 1.85. The van der Waals surface area contributed by atoms with Crippen molar-refractivity contribution in [2.45, 2.75) is 13.8 Å². The lowest BCUT2D eigenvalue weighted by Gasteiger charge is -2.05. The van der Waals surface area contributed by atoms with E-state index in [1.165, 1.54) is 0 Å². The zero-order chi connectivity index (χ0) is 18.8. The van der Waals surface area contributed by atoms with Crippen molar-refractivity contribution in [3.8, 4) is 17.1 Å². The second-order valence-corrected chi connectivity index (χ2v) is 6.04. The predicted molar refractivity (Wildman–Crippen MR) is 102 cm³/mol. The minimum Gasteiger partial charge on any atom is -0.494 e. The number of anilines is 1. The minimum atomic E-state index is -0.324. The first-order chi connectivity index (χ1) is 13.2. The van der Waals surface area contributed by atoms with Gasteiger partial charge in [0.2, 0.25) is 0 Å². The average Bonchev–Trinajstić information content (AvgIpc) is 3.25. The summed E-state index contributed by atoms with van der Waals surface area (Å²) in [6.07, 6.45) is 0. The maximum Gasteiger partial charge on any atom is 0.261 e. The monoisotopic (exact) mass is 362 g/mol. The first-order valence-electron chi connectivity index (χ1n) is 8.65. The molecule has 6 nitrogen and oxygen atoms in total. The number of nitrogens with zero attached hydrogens (tertiary/aromatic N) is 1. The lowest BCUT2D eigenvalue weighted by molar-refractivity contribution is 0.102. The summed E-state index contributed by atoms with van der Waals surface area (Å²) in [6.45, 7) is 4.21. The topological polar surface area (TPSA) is 77.5 Å². The van der Waals surface area contributed by atoms with E-state index in [1.807, 2.05) is 55.5 Å². The van der Waals surface area contributed by atoms with Crippen LogP contribution in [-0.4, -0.2) is 17.7 Å². The highest BCUT2D eigenvalue weighted by Gasteiger charge is 2.23. The molecule has 0 aliphatic carbocycles. The number of rotatable bonds is 5. The van der Waals surface area contributed by atoms with Gasteiger partial charge in [0.25, 0.3) is 5.91 Å². The Labute approximate surface area is 155 Å². The second kappa shape index (κ2) is 6.99. The molecule has 0 spiro atoms. The van der Waals surface area contributed by atoms with Crippen LogP contribution in [0.15, 0.2) is 63.5 Å². The molecule has 0 aliphatic heterocycles. The molecule has 0 atom stereocenters. The van der Waals surface area contributed by atoms with Crippen LogP contribution in [0.5, 0.6) is 5.75 Å². The zero-order valence-corrected chi connectivity index (χ0v) is 15.0. The van der Waals surface area contributed by atoms with Crippen LogP contribution in [0.4, 0.5) is 5.82 Å². The molecule has 4 rings (SSSR count). The molecule has 27 heavy (non-hydrogen) atoms. The SMILES string of the molecule is CCOc1ccc2oc(-c3ccccc3)c(C(=O)Nc3cc(C)on3)c2c1. The van der Waals surface area contributed by atoms with Crippen LogP contribution in [0.2, 0.25) is 0 Å². The van der Waals surface area contributed by atoms with Gasteiger partial charge in [0.1, 0.15) is 22.9 Å². The molecule has 1 amide bonds. The standard InChI is InChI=1S/C21H18N2O4/c1-3-25-15-9-10-17-16(12-15)19(20(26-17)14-7-5-4-6-8-14)21(24)22-18-11-13(2)27-23-18/h4-12H,3H2,1-2H3,(H,22,23,24). The average molecular weight is 362 g/mol. The van der Waals surface area contributed by atoms with Crippen molar-refractivity contribution < 1.29 is 18.5 Å². The Morgan fingerprint density at radius 1 is 1.15 bits per heavy atom. The Morgan fingerprint density at radius 2 is 1.96 bits per heavy atom. The first-order valence-corrected chi connectivity index (χ1v) is 8.65. The molecule has 0 bridgehead atoms. The number of fused-ring (bicyclic) bond motifs is 1. The highest BCUT2D eigenvalue weighted by atomic mass is 16.5. The van der Waals surface area contributed by atoms with Crippen LogP contribution in [0.3, 0.4) is 0 Å². The van der Waals surface area contributed by atoms with Gasteiger partial charge in [-0.05, 0) is 32.0 Å². The lowest BCUT2D eigenvalue weighted by atomic mass is 10.0. The largest absolute Gasteiger partial charge is 0.494 e. The summed E-state index contributed by atoms with van der Waals surface area (Å²) < 4.78 is 16.6. The number of furan rings is 1. The number of aryl methyl sites for hydroxylation is 1. The molecule has 0 fully saturated rings. The van der Waals surface area contributed by atoms with Crippen molar-refractivity contribution in [1.29, 1.82) is 0 Å². The molecule has 2 aromatic heterocycles. The van der Waals surface area contributed by atoms with E-state index in [0.717, 1.165) is 5.56 Å². The molecule has 0 unspecified atom stereocenters. The van der Waals surface area contributed by atoms with Gasteiger partial charge in [-0.25, -0.2) is 0 Å². The smallest absolute Gasteiger partial charge is 0.261 e. The van der Waals surface area contributed by atoms with Crippen LogP contribution >= 0.6 is 0 Å². The number of nitrogens with one attached hydrogen (secondary N) is 1. The third-order valence-electron chi connectivity index (χ3n) is 4.10. The maximum atomic E-state index is 13.1. The minimum absolute atomic E-state index is 0.324. The maximum absolute atomic E-state index is 13.1. The van der Waals surface area contributed by atoms with E-state index < -0.39 is 0 Å². The first kappa shape index (κ1) is 16.9. The molecule has 0 saturated heterocycles. The van der Waals surface area contributed by atoms with Gasteiger partial charge in [0.05, 0.1) is 12.2 Å². The van der Waals surface area contributed by atoms with E-state index in [0.29, 0.717) is 46.2 Å². The number of hydrogen-bond acceptors (Lipinski definition) is 5. The molecule has 2 aromatic carbocycles. The summed E-state index contributed by atoms with van der Waals surface area (Å²) in [7, 11) is 0. The third kappa shape index (κ3) is 3.29. The molecule has 2 heterocycles. The Morgan fingerprint density at radius 3 is 2.67 bits per heavy atom. The van der Waals surface area contributed by atoms with Gasteiger partial charge >= 0.3 is 0 Å². The zero-order valence-electron chi connectivity index (χ0n) is 15.0. The Bertz CT molecular complexity index is 1100. The lowest BCUT2D eigenvalue weighted by Crippen LogP contribution is -2.12. The highest BCUT2D eigenvalue weighted by Crippen LogP contribution is 2.36. The molecule has 0 radical (unpaired) electrons. The predicted octanol–water partition coefficient (Wildman–Crippen LogP) is 5.05. The van der Waals surface area contributed by atoms with Crippen LogP contribution in [0.1, 0.15) is 23.0 Å². The van der Waals surface area contributed by atoms with Gasteiger partial charge in [-0.2, -0.15) is 0 Å². The van der Waals surface area contributed by atoms with Gasteiger partial charge in [-0.15, -0.1) is 0 Å². The summed E-state index contributed by atoms with van der Waals surface area (Å²) in [6, 6.07) is 16.6. The molecule has 6 heteroatoms. The Balaban J connectivity index is 1.85. The summed E-state index contributed by atoms with van der Waals surface area (Å²) >= 11 is 0. The van der Waals surface area contributed by atoms with E-state index in [9.17, 15) is 4.79 Å². The summed E-state index contributed by atoms with van der Waals surface area (Å²) in [5.74, 6) is 1.82. The normalized spacial score (nSPS) is 10.9. The number of ether oxygens (including phenoxy) is 1. The van der Waals surface area contributed by atoms with Crippen LogP contribution < -0.4 is 10.1 Å². The van der Waals surface area contributed by atoms with Crippen molar-refractivity contribution >= 4 is 22.7 Å².